The van der Waals surface area contributed by atoms with Gasteiger partial charge in [-0.25, -0.2) is 0 Å². The average Bonchev–Trinajstić information content (AvgIpc) is 2.59. The van der Waals surface area contributed by atoms with Gasteiger partial charge in [-0.15, -0.1) is 0 Å². The Kier molecular flexibility index (Phi) is 2.47. The highest BCUT2D eigenvalue weighted by molar-refractivity contribution is 4.98. The van der Waals surface area contributed by atoms with E-state index in [-0.39, 0.29) is 0 Å². The van der Waals surface area contributed by atoms with E-state index in [1.807, 2.05) is 12.1 Å². The summed E-state index contributed by atoms with van der Waals surface area (Å²) in [6, 6.07) is 3.99. The van der Waals surface area contributed by atoms with Crippen LogP contribution in [0.15, 0.2) is 22.8 Å². The van der Waals surface area contributed by atoms with Crippen molar-refractivity contribution in [3.05, 3.63) is 30.6 Å². The van der Waals surface area contributed by atoms with E-state index in [4.69, 9.17) is 4.42 Å². The largest absolute Gasteiger partial charge is 0.468 e. The molecule has 0 unspecified atom stereocenters. The SMILES string of the molecule is [CH]1CCN(Cc2ccco2)CC1. The Balaban J connectivity index is 1.86. The van der Waals surface area contributed by atoms with Crippen molar-refractivity contribution in [2.24, 2.45) is 0 Å². The second-order valence-corrected chi connectivity index (χ2v) is 3.22. The lowest BCUT2D eigenvalue weighted by Gasteiger charge is -2.24. The lowest BCUT2D eigenvalue weighted by atomic mass is 10.1. The topological polar surface area (TPSA) is 16.4 Å². The van der Waals surface area contributed by atoms with E-state index in [1.165, 1.54) is 25.9 Å². The molecule has 2 rings (SSSR count). The monoisotopic (exact) mass is 164 g/mol. The van der Waals surface area contributed by atoms with Gasteiger partial charge in [-0.3, -0.25) is 4.90 Å². The second kappa shape index (κ2) is 3.76. The van der Waals surface area contributed by atoms with Crippen molar-refractivity contribution < 1.29 is 4.42 Å². The molecule has 2 nitrogen and oxygen atoms in total. The Hall–Kier alpha value is -0.760. The van der Waals surface area contributed by atoms with Crippen molar-refractivity contribution >= 4 is 0 Å². The molecular formula is C10H14NO. The van der Waals surface area contributed by atoms with Crippen LogP contribution in [0.3, 0.4) is 0 Å². The Morgan fingerprint density at radius 1 is 1.33 bits per heavy atom. The summed E-state index contributed by atoms with van der Waals surface area (Å²) < 4.78 is 5.28. The quantitative estimate of drug-likeness (QED) is 0.665. The Labute approximate surface area is 73.2 Å². The zero-order valence-corrected chi connectivity index (χ0v) is 7.20. The van der Waals surface area contributed by atoms with Gasteiger partial charge in [0.1, 0.15) is 5.76 Å². The molecule has 65 valence electrons. The molecule has 2 heterocycles. The average molecular weight is 164 g/mol. The van der Waals surface area contributed by atoms with Gasteiger partial charge in [0.2, 0.25) is 0 Å². The predicted molar refractivity (Wildman–Crippen MR) is 47.5 cm³/mol. The summed E-state index contributed by atoms with van der Waals surface area (Å²) in [7, 11) is 0. The van der Waals surface area contributed by atoms with Crippen LogP contribution in [0, 0.1) is 6.42 Å². The van der Waals surface area contributed by atoms with Crippen molar-refractivity contribution in [2.75, 3.05) is 13.1 Å². The van der Waals surface area contributed by atoms with Gasteiger partial charge in [-0.05, 0) is 44.5 Å². The molecule has 0 aliphatic carbocycles. The molecule has 0 saturated carbocycles. The summed E-state index contributed by atoms with van der Waals surface area (Å²) in [5.41, 5.74) is 0. The third-order valence-electron chi connectivity index (χ3n) is 2.26. The van der Waals surface area contributed by atoms with Gasteiger partial charge in [0.25, 0.3) is 0 Å². The first-order chi connectivity index (χ1) is 5.95. The van der Waals surface area contributed by atoms with E-state index in [2.05, 4.69) is 11.3 Å². The molecule has 0 amide bonds. The minimum absolute atomic E-state index is 0.973. The highest BCUT2D eigenvalue weighted by atomic mass is 16.3. The van der Waals surface area contributed by atoms with Gasteiger partial charge in [0.05, 0.1) is 12.8 Å². The molecule has 1 aromatic heterocycles. The third-order valence-corrected chi connectivity index (χ3v) is 2.26. The van der Waals surface area contributed by atoms with Gasteiger partial charge in [-0.1, -0.05) is 0 Å². The molecule has 1 saturated heterocycles. The highest BCUT2D eigenvalue weighted by Crippen LogP contribution is 2.11. The molecular weight excluding hydrogens is 150 g/mol. The summed E-state index contributed by atoms with van der Waals surface area (Å²) in [6.07, 6.45) is 6.55. The van der Waals surface area contributed by atoms with Crippen LogP contribution >= 0.6 is 0 Å². The fourth-order valence-electron chi connectivity index (χ4n) is 1.58. The Morgan fingerprint density at radius 3 is 2.83 bits per heavy atom. The first kappa shape index (κ1) is 7.87. The normalized spacial score (nSPS) is 19.7. The number of hydrogen-bond acceptors (Lipinski definition) is 2. The van der Waals surface area contributed by atoms with Crippen LogP contribution < -0.4 is 0 Å². The van der Waals surface area contributed by atoms with Crippen molar-refractivity contribution in [1.82, 2.24) is 4.90 Å². The molecule has 0 bridgehead atoms. The number of hydrogen-bond donors (Lipinski definition) is 0. The van der Waals surface area contributed by atoms with Gasteiger partial charge < -0.3 is 4.42 Å². The van der Waals surface area contributed by atoms with Crippen LogP contribution in [0.5, 0.6) is 0 Å². The third kappa shape index (κ3) is 1.89. The second-order valence-electron chi connectivity index (χ2n) is 3.22. The summed E-state index contributed by atoms with van der Waals surface area (Å²) in [6.45, 7) is 3.34. The first-order valence-electron chi connectivity index (χ1n) is 4.51. The van der Waals surface area contributed by atoms with Gasteiger partial charge in [-0.2, -0.15) is 0 Å². The van der Waals surface area contributed by atoms with E-state index in [0.717, 1.165) is 12.3 Å². The minimum atomic E-state index is 0.973. The van der Waals surface area contributed by atoms with Crippen LogP contribution in [-0.4, -0.2) is 18.0 Å². The summed E-state index contributed by atoms with van der Waals surface area (Å²) in [4.78, 5) is 2.43. The number of furan rings is 1. The van der Waals surface area contributed by atoms with E-state index in [1.54, 1.807) is 6.26 Å². The number of likely N-dealkylation sites (tertiary alicyclic amines) is 1. The van der Waals surface area contributed by atoms with E-state index in [0.29, 0.717) is 0 Å². The van der Waals surface area contributed by atoms with Gasteiger partial charge >= 0.3 is 0 Å². The number of piperidine rings is 1. The van der Waals surface area contributed by atoms with Crippen LogP contribution in [0.4, 0.5) is 0 Å². The molecule has 1 radical (unpaired) electrons. The summed E-state index contributed by atoms with van der Waals surface area (Å²) in [5.74, 6) is 1.08. The number of rotatable bonds is 2. The molecule has 1 fully saturated rings. The zero-order chi connectivity index (χ0) is 8.23. The number of nitrogens with zero attached hydrogens (tertiary/aromatic N) is 1. The maximum atomic E-state index is 5.28. The molecule has 0 atom stereocenters. The van der Waals surface area contributed by atoms with Crippen LogP contribution in [0.2, 0.25) is 0 Å². The molecule has 2 heteroatoms. The fourth-order valence-corrected chi connectivity index (χ4v) is 1.58. The smallest absolute Gasteiger partial charge is 0.117 e. The maximum Gasteiger partial charge on any atom is 0.117 e. The maximum absolute atomic E-state index is 5.28. The zero-order valence-electron chi connectivity index (χ0n) is 7.20. The Morgan fingerprint density at radius 2 is 2.17 bits per heavy atom. The molecule has 0 N–H and O–H groups in total. The molecule has 12 heavy (non-hydrogen) atoms. The van der Waals surface area contributed by atoms with Crippen molar-refractivity contribution in [1.29, 1.82) is 0 Å². The van der Waals surface area contributed by atoms with Gasteiger partial charge in [0.15, 0.2) is 0 Å². The van der Waals surface area contributed by atoms with E-state index < -0.39 is 0 Å². The minimum Gasteiger partial charge on any atom is -0.468 e. The standard InChI is InChI=1S/C10H14NO/c1-2-6-11(7-3-1)9-10-5-4-8-12-10/h1,4-5,8H,2-3,6-7,9H2. The molecule has 1 aromatic rings. The molecule has 1 aliphatic rings. The van der Waals surface area contributed by atoms with Crippen molar-refractivity contribution in [2.45, 2.75) is 19.4 Å². The molecule has 1 aliphatic heterocycles. The first-order valence-corrected chi connectivity index (χ1v) is 4.51. The highest BCUT2D eigenvalue weighted by Gasteiger charge is 2.10. The van der Waals surface area contributed by atoms with E-state index in [9.17, 15) is 0 Å². The van der Waals surface area contributed by atoms with Gasteiger partial charge in [0, 0.05) is 0 Å². The van der Waals surface area contributed by atoms with E-state index >= 15 is 0 Å². The van der Waals surface area contributed by atoms with Crippen LogP contribution in [-0.2, 0) is 6.54 Å². The van der Waals surface area contributed by atoms with Crippen molar-refractivity contribution in [3.63, 3.8) is 0 Å². The molecule has 0 spiro atoms. The van der Waals surface area contributed by atoms with Crippen molar-refractivity contribution in [3.8, 4) is 0 Å². The predicted octanol–water partition coefficient (Wildman–Crippen LogP) is 2.08. The summed E-state index contributed by atoms with van der Waals surface area (Å²) in [5, 5.41) is 0. The lowest BCUT2D eigenvalue weighted by molar-refractivity contribution is 0.227. The van der Waals surface area contributed by atoms with Crippen LogP contribution in [0.25, 0.3) is 0 Å². The van der Waals surface area contributed by atoms with Crippen LogP contribution in [0.1, 0.15) is 18.6 Å². The molecule has 0 aromatic carbocycles. The Bertz CT molecular complexity index is 212. The lowest BCUT2D eigenvalue weighted by Crippen LogP contribution is -2.29. The summed E-state index contributed by atoms with van der Waals surface area (Å²) >= 11 is 0. The fraction of sp³-hybridized carbons (Fsp3) is 0.500.